The van der Waals surface area contributed by atoms with Crippen LogP contribution in [0.1, 0.15) is 60.8 Å². The van der Waals surface area contributed by atoms with Crippen LogP contribution in [0.2, 0.25) is 0 Å². The van der Waals surface area contributed by atoms with Gasteiger partial charge in [-0.05, 0) is 42.7 Å². The molecule has 1 aliphatic heterocycles. The van der Waals surface area contributed by atoms with E-state index in [2.05, 4.69) is 6.92 Å². The molecule has 0 unspecified atom stereocenters. The van der Waals surface area contributed by atoms with Crippen molar-refractivity contribution in [2.24, 2.45) is 0 Å². The Labute approximate surface area is 169 Å². The molecule has 1 atom stereocenters. The van der Waals surface area contributed by atoms with E-state index in [0.29, 0.717) is 29.7 Å². The van der Waals surface area contributed by atoms with Crippen LogP contribution < -0.4 is 10.2 Å². The fourth-order valence-corrected chi connectivity index (χ4v) is 3.89. The number of para-hydroxylation sites is 1. The molecular formula is C24H25NO4. The van der Waals surface area contributed by atoms with Gasteiger partial charge in [0, 0.05) is 6.54 Å². The van der Waals surface area contributed by atoms with E-state index < -0.39 is 6.04 Å². The number of nitrogens with zero attached hydrogens (tertiary/aromatic N) is 1. The molecule has 0 aliphatic carbocycles. The summed E-state index contributed by atoms with van der Waals surface area (Å²) in [7, 11) is 0. The Hall–Kier alpha value is -3.08. The Kier molecular flexibility index (Phi) is 5.38. The number of hydrogen-bond acceptors (Lipinski definition) is 4. The van der Waals surface area contributed by atoms with Crippen LogP contribution in [0.5, 0.6) is 5.75 Å². The Balaban J connectivity index is 1.84. The van der Waals surface area contributed by atoms with Crippen LogP contribution in [0, 0.1) is 0 Å². The molecule has 0 radical (unpaired) electrons. The molecule has 3 aromatic rings. The van der Waals surface area contributed by atoms with Gasteiger partial charge in [0.15, 0.2) is 5.43 Å². The molecule has 29 heavy (non-hydrogen) atoms. The molecule has 4 rings (SSSR count). The molecule has 0 N–H and O–H groups in total. The summed E-state index contributed by atoms with van der Waals surface area (Å²) in [6.07, 6.45) is 2.83. The van der Waals surface area contributed by atoms with Gasteiger partial charge in [0.25, 0.3) is 5.91 Å². The Morgan fingerprint density at radius 3 is 2.66 bits per heavy atom. The van der Waals surface area contributed by atoms with Crippen molar-refractivity contribution in [1.82, 2.24) is 4.90 Å². The molecule has 0 bridgehead atoms. The maximum Gasteiger partial charge on any atom is 0.290 e. The lowest BCUT2D eigenvalue weighted by Gasteiger charge is -2.25. The highest BCUT2D eigenvalue weighted by atomic mass is 16.5. The van der Waals surface area contributed by atoms with Crippen molar-refractivity contribution < 1.29 is 13.9 Å². The first kappa shape index (κ1) is 19.2. The number of unbranched alkanes of at least 4 members (excludes halogenated alkanes) is 1. The predicted molar refractivity (Wildman–Crippen MR) is 112 cm³/mol. The highest BCUT2D eigenvalue weighted by Gasteiger charge is 2.42. The van der Waals surface area contributed by atoms with Crippen LogP contribution in [0.15, 0.2) is 57.7 Å². The van der Waals surface area contributed by atoms with Crippen LogP contribution in [0.4, 0.5) is 0 Å². The van der Waals surface area contributed by atoms with Crippen LogP contribution >= 0.6 is 0 Å². The third-order valence-electron chi connectivity index (χ3n) is 5.28. The van der Waals surface area contributed by atoms with Gasteiger partial charge in [0.1, 0.15) is 11.3 Å². The molecule has 5 heteroatoms. The van der Waals surface area contributed by atoms with Crippen LogP contribution in [-0.2, 0) is 0 Å². The van der Waals surface area contributed by atoms with E-state index in [1.807, 2.05) is 37.3 Å². The number of amides is 1. The van der Waals surface area contributed by atoms with E-state index in [-0.39, 0.29) is 17.1 Å². The van der Waals surface area contributed by atoms with Crippen LogP contribution in [-0.4, -0.2) is 24.0 Å². The average molecular weight is 391 g/mol. The summed E-state index contributed by atoms with van der Waals surface area (Å²) >= 11 is 0. The minimum atomic E-state index is -0.465. The molecule has 2 heterocycles. The zero-order valence-electron chi connectivity index (χ0n) is 16.8. The number of hydrogen-bond donors (Lipinski definition) is 0. The zero-order chi connectivity index (χ0) is 20.4. The van der Waals surface area contributed by atoms with E-state index in [4.69, 9.17) is 9.15 Å². The Morgan fingerprint density at radius 1 is 1.03 bits per heavy atom. The average Bonchev–Trinajstić information content (AvgIpc) is 3.01. The highest BCUT2D eigenvalue weighted by molar-refractivity contribution is 5.99. The largest absolute Gasteiger partial charge is 0.494 e. The standard InChI is InChI=1S/C24H25NO4/c1-3-5-14-28-17-10-8-9-16(15-17)21-20-22(26)18-11-6-7-12-19(18)29-23(20)24(27)25(21)13-4-2/h6-12,15,21H,3-5,13-14H2,1-2H3/t21-/m1/s1. The summed E-state index contributed by atoms with van der Waals surface area (Å²) in [5, 5.41) is 0.498. The third kappa shape index (κ3) is 3.41. The summed E-state index contributed by atoms with van der Waals surface area (Å²) in [5.41, 5.74) is 1.59. The van der Waals surface area contributed by atoms with E-state index in [1.54, 1.807) is 23.1 Å². The molecule has 0 saturated carbocycles. The zero-order valence-corrected chi connectivity index (χ0v) is 16.8. The normalized spacial score (nSPS) is 15.7. The second-order valence-corrected chi connectivity index (χ2v) is 7.35. The van der Waals surface area contributed by atoms with E-state index >= 15 is 0 Å². The SMILES string of the molecule is CCCCOc1cccc([C@@H]2c3c(oc4ccccc4c3=O)C(=O)N2CCC)c1. The highest BCUT2D eigenvalue weighted by Crippen LogP contribution is 2.39. The van der Waals surface area contributed by atoms with Crippen LogP contribution in [0.3, 0.4) is 0 Å². The van der Waals surface area contributed by atoms with Gasteiger partial charge in [0.2, 0.25) is 5.76 Å². The van der Waals surface area contributed by atoms with Crippen molar-refractivity contribution in [3.05, 3.63) is 75.6 Å². The van der Waals surface area contributed by atoms with Gasteiger partial charge in [-0.1, -0.05) is 44.5 Å². The van der Waals surface area contributed by atoms with Crippen molar-refractivity contribution in [3.8, 4) is 5.75 Å². The first-order chi connectivity index (χ1) is 14.2. The van der Waals surface area contributed by atoms with Gasteiger partial charge in [0.05, 0.1) is 23.6 Å². The maximum atomic E-state index is 13.3. The van der Waals surface area contributed by atoms with E-state index in [9.17, 15) is 9.59 Å². The molecule has 1 amide bonds. The number of rotatable bonds is 7. The topological polar surface area (TPSA) is 59.8 Å². The Morgan fingerprint density at radius 2 is 1.86 bits per heavy atom. The molecule has 5 nitrogen and oxygen atoms in total. The summed E-state index contributed by atoms with van der Waals surface area (Å²) < 4.78 is 11.8. The number of carbonyl (C=O) groups is 1. The number of benzene rings is 2. The smallest absolute Gasteiger partial charge is 0.290 e. The monoisotopic (exact) mass is 391 g/mol. The van der Waals surface area contributed by atoms with Gasteiger partial charge in [-0.2, -0.15) is 0 Å². The fraction of sp³-hybridized carbons (Fsp3) is 0.333. The van der Waals surface area contributed by atoms with Gasteiger partial charge < -0.3 is 14.1 Å². The predicted octanol–water partition coefficient (Wildman–Crippen LogP) is 4.93. The molecule has 1 aliphatic rings. The lowest BCUT2D eigenvalue weighted by Crippen LogP contribution is -2.30. The molecule has 0 saturated heterocycles. The van der Waals surface area contributed by atoms with Crippen molar-refractivity contribution in [2.45, 2.75) is 39.2 Å². The number of ether oxygens (including phenoxy) is 1. The molecule has 150 valence electrons. The second-order valence-electron chi connectivity index (χ2n) is 7.35. The minimum Gasteiger partial charge on any atom is -0.494 e. The van der Waals surface area contributed by atoms with Crippen molar-refractivity contribution in [1.29, 1.82) is 0 Å². The van der Waals surface area contributed by atoms with E-state index in [1.165, 1.54) is 0 Å². The summed E-state index contributed by atoms with van der Waals surface area (Å²) in [5.74, 6) is 0.676. The van der Waals surface area contributed by atoms with Crippen molar-refractivity contribution in [3.63, 3.8) is 0 Å². The molecule has 0 spiro atoms. The maximum absolute atomic E-state index is 13.3. The Bertz CT molecular complexity index is 1100. The molecular weight excluding hydrogens is 366 g/mol. The first-order valence-electron chi connectivity index (χ1n) is 10.2. The lowest BCUT2D eigenvalue weighted by atomic mass is 9.98. The summed E-state index contributed by atoms with van der Waals surface area (Å²) in [6.45, 7) is 5.33. The van der Waals surface area contributed by atoms with Gasteiger partial charge in [-0.3, -0.25) is 9.59 Å². The summed E-state index contributed by atoms with van der Waals surface area (Å²) in [4.78, 5) is 28.2. The fourth-order valence-electron chi connectivity index (χ4n) is 3.89. The molecule has 2 aromatic carbocycles. The minimum absolute atomic E-state index is 0.142. The van der Waals surface area contributed by atoms with Crippen molar-refractivity contribution >= 4 is 16.9 Å². The van der Waals surface area contributed by atoms with Gasteiger partial charge >= 0.3 is 0 Å². The van der Waals surface area contributed by atoms with Crippen molar-refractivity contribution in [2.75, 3.05) is 13.2 Å². The molecule has 1 aromatic heterocycles. The van der Waals surface area contributed by atoms with E-state index in [0.717, 1.165) is 30.6 Å². The molecule has 0 fully saturated rings. The van der Waals surface area contributed by atoms with Gasteiger partial charge in [-0.25, -0.2) is 0 Å². The van der Waals surface area contributed by atoms with Gasteiger partial charge in [-0.15, -0.1) is 0 Å². The number of carbonyl (C=O) groups excluding carboxylic acids is 1. The number of fused-ring (bicyclic) bond motifs is 2. The summed E-state index contributed by atoms with van der Waals surface area (Å²) in [6, 6.07) is 14.3. The third-order valence-corrected chi connectivity index (χ3v) is 5.28. The quantitative estimate of drug-likeness (QED) is 0.536. The first-order valence-corrected chi connectivity index (χ1v) is 10.2. The lowest BCUT2D eigenvalue weighted by molar-refractivity contribution is 0.0728. The van der Waals surface area contributed by atoms with Crippen LogP contribution in [0.25, 0.3) is 11.0 Å². The second kappa shape index (κ2) is 8.11.